The summed E-state index contributed by atoms with van der Waals surface area (Å²) in [6.07, 6.45) is 0. The first-order chi connectivity index (χ1) is 6.64. The molecule has 0 spiro atoms. The standard InChI is InChI=1S/C13H21OP/c1-10-8-7-9-11(15(5,6)14)12(10)13(2,3)4/h7-9H,1-6H3. The highest BCUT2D eigenvalue weighted by molar-refractivity contribution is 7.70. The third kappa shape index (κ3) is 2.72. The molecule has 0 heterocycles. The van der Waals surface area contributed by atoms with E-state index in [9.17, 15) is 4.57 Å². The molecular formula is C13H21OP. The lowest BCUT2D eigenvalue weighted by Gasteiger charge is -2.26. The lowest BCUT2D eigenvalue weighted by molar-refractivity contribution is 0.578. The Balaban J connectivity index is 3.55. The van der Waals surface area contributed by atoms with Gasteiger partial charge in [0.05, 0.1) is 0 Å². The zero-order valence-electron chi connectivity index (χ0n) is 10.6. The smallest absolute Gasteiger partial charge is 0.110 e. The summed E-state index contributed by atoms with van der Waals surface area (Å²) in [6, 6.07) is 6.10. The van der Waals surface area contributed by atoms with Crippen LogP contribution in [0.3, 0.4) is 0 Å². The number of benzene rings is 1. The van der Waals surface area contributed by atoms with E-state index in [1.807, 2.05) is 25.5 Å². The van der Waals surface area contributed by atoms with Gasteiger partial charge in [-0.05, 0) is 36.8 Å². The van der Waals surface area contributed by atoms with Crippen molar-refractivity contribution in [3.63, 3.8) is 0 Å². The summed E-state index contributed by atoms with van der Waals surface area (Å²) >= 11 is 0. The fourth-order valence-corrected chi connectivity index (χ4v) is 3.57. The minimum atomic E-state index is -2.18. The largest absolute Gasteiger partial charge is 0.319 e. The van der Waals surface area contributed by atoms with E-state index in [2.05, 4.69) is 33.8 Å². The lowest BCUT2D eigenvalue weighted by Crippen LogP contribution is -2.24. The maximum Gasteiger partial charge on any atom is 0.110 e. The SMILES string of the molecule is Cc1cccc(P(C)(C)=O)c1C(C)(C)C. The molecule has 0 aliphatic carbocycles. The number of rotatable bonds is 1. The predicted octanol–water partition coefficient (Wildman–Crippen LogP) is 3.54. The molecule has 0 aliphatic heterocycles. The van der Waals surface area contributed by atoms with Gasteiger partial charge in [-0.15, -0.1) is 0 Å². The van der Waals surface area contributed by atoms with Crippen LogP contribution in [0.5, 0.6) is 0 Å². The van der Waals surface area contributed by atoms with Gasteiger partial charge in [-0.25, -0.2) is 0 Å². The third-order valence-electron chi connectivity index (χ3n) is 2.58. The molecule has 0 N–H and O–H groups in total. The first-order valence-electron chi connectivity index (χ1n) is 5.29. The van der Waals surface area contributed by atoms with E-state index in [0.717, 1.165) is 5.30 Å². The van der Waals surface area contributed by atoms with Crippen molar-refractivity contribution in [1.82, 2.24) is 0 Å². The van der Waals surface area contributed by atoms with Gasteiger partial charge < -0.3 is 4.57 Å². The Morgan fingerprint density at radius 3 is 2.00 bits per heavy atom. The molecule has 0 bridgehead atoms. The van der Waals surface area contributed by atoms with E-state index in [-0.39, 0.29) is 5.41 Å². The molecule has 1 aromatic carbocycles. The van der Waals surface area contributed by atoms with E-state index in [1.54, 1.807) is 0 Å². The number of hydrogen-bond acceptors (Lipinski definition) is 1. The molecule has 2 heteroatoms. The van der Waals surface area contributed by atoms with Crippen LogP contribution in [0.2, 0.25) is 0 Å². The molecule has 0 aliphatic rings. The van der Waals surface area contributed by atoms with Crippen LogP contribution in [0, 0.1) is 6.92 Å². The summed E-state index contributed by atoms with van der Waals surface area (Å²) < 4.78 is 12.2. The molecule has 0 saturated carbocycles. The number of hydrogen-bond donors (Lipinski definition) is 0. The Kier molecular flexibility index (Phi) is 3.16. The quantitative estimate of drug-likeness (QED) is 0.667. The van der Waals surface area contributed by atoms with Gasteiger partial charge in [-0.3, -0.25) is 0 Å². The van der Waals surface area contributed by atoms with Crippen molar-refractivity contribution in [3.05, 3.63) is 29.3 Å². The van der Waals surface area contributed by atoms with Crippen LogP contribution in [0.15, 0.2) is 18.2 Å². The highest BCUT2D eigenvalue weighted by Crippen LogP contribution is 2.40. The van der Waals surface area contributed by atoms with Gasteiger partial charge in [0.25, 0.3) is 0 Å². The van der Waals surface area contributed by atoms with E-state index >= 15 is 0 Å². The Hall–Kier alpha value is -0.550. The molecular weight excluding hydrogens is 203 g/mol. The second kappa shape index (κ2) is 3.79. The summed E-state index contributed by atoms with van der Waals surface area (Å²) in [5.41, 5.74) is 2.55. The summed E-state index contributed by atoms with van der Waals surface area (Å²) in [7, 11) is -2.18. The van der Waals surface area contributed by atoms with Crippen LogP contribution in [0.4, 0.5) is 0 Å². The van der Waals surface area contributed by atoms with Gasteiger partial charge >= 0.3 is 0 Å². The van der Waals surface area contributed by atoms with Gasteiger partial charge in [0, 0.05) is 5.30 Å². The van der Waals surface area contributed by atoms with E-state index in [4.69, 9.17) is 0 Å². The fourth-order valence-electron chi connectivity index (χ4n) is 2.08. The average molecular weight is 224 g/mol. The molecule has 0 aromatic heterocycles. The monoisotopic (exact) mass is 224 g/mol. The molecule has 1 rings (SSSR count). The van der Waals surface area contributed by atoms with Crippen LogP contribution >= 0.6 is 7.14 Å². The molecule has 0 saturated heterocycles. The molecule has 1 nitrogen and oxygen atoms in total. The van der Waals surface area contributed by atoms with Gasteiger partial charge in [0.15, 0.2) is 0 Å². The highest BCUT2D eigenvalue weighted by Gasteiger charge is 2.25. The van der Waals surface area contributed by atoms with E-state index in [1.165, 1.54) is 11.1 Å². The van der Waals surface area contributed by atoms with Crippen LogP contribution in [0.1, 0.15) is 31.9 Å². The zero-order chi connectivity index (χ0) is 11.9. The zero-order valence-corrected chi connectivity index (χ0v) is 11.5. The summed E-state index contributed by atoms with van der Waals surface area (Å²) in [5, 5.41) is 1.04. The summed E-state index contributed by atoms with van der Waals surface area (Å²) in [5.74, 6) is 0. The minimum absolute atomic E-state index is 0.0579. The van der Waals surface area contributed by atoms with Crippen molar-refractivity contribution in [1.29, 1.82) is 0 Å². The third-order valence-corrected chi connectivity index (χ3v) is 4.11. The van der Waals surface area contributed by atoms with Crippen molar-refractivity contribution in [2.24, 2.45) is 0 Å². The molecule has 1 aromatic rings. The number of aryl methyl sites for hydroxylation is 1. The summed E-state index contributed by atoms with van der Waals surface area (Å²) in [6.45, 7) is 12.3. The van der Waals surface area contributed by atoms with Gasteiger partial charge in [0.2, 0.25) is 0 Å². The van der Waals surface area contributed by atoms with E-state index in [0.29, 0.717) is 0 Å². The molecule has 0 fully saturated rings. The Morgan fingerprint density at radius 1 is 1.13 bits per heavy atom. The van der Waals surface area contributed by atoms with Crippen molar-refractivity contribution in [2.45, 2.75) is 33.1 Å². The Morgan fingerprint density at radius 2 is 1.67 bits per heavy atom. The van der Waals surface area contributed by atoms with Crippen LogP contribution in [-0.4, -0.2) is 13.3 Å². The topological polar surface area (TPSA) is 17.1 Å². The highest BCUT2D eigenvalue weighted by atomic mass is 31.2. The van der Waals surface area contributed by atoms with Gasteiger partial charge in [-0.2, -0.15) is 0 Å². The van der Waals surface area contributed by atoms with Gasteiger partial charge in [-0.1, -0.05) is 39.0 Å². The lowest BCUT2D eigenvalue weighted by atomic mass is 9.84. The maximum atomic E-state index is 12.2. The Labute approximate surface area is 93.3 Å². The summed E-state index contributed by atoms with van der Waals surface area (Å²) in [4.78, 5) is 0. The fraction of sp³-hybridized carbons (Fsp3) is 0.538. The molecule has 0 atom stereocenters. The molecule has 0 unspecified atom stereocenters. The Bertz CT molecular complexity index is 407. The second-order valence-electron chi connectivity index (χ2n) is 5.57. The van der Waals surface area contributed by atoms with E-state index < -0.39 is 7.14 Å². The normalized spacial score (nSPS) is 12.9. The first kappa shape index (κ1) is 12.5. The predicted molar refractivity (Wildman–Crippen MR) is 69.0 cm³/mol. The molecule has 0 amide bonds. The van der Waals surface area contributed by atoms with Crippen LogP contribution < -0.4 is 5.30 Å². The van der Waals surface area contributed by atoms with Crippen molar-refractivity contribution in [3.8, 4) is 0 Å². The maximum absolute atomic E-state index is 12.2. The molecule has 15 heavy (non-hydrogen) atoms. The first-order valence-corrected chi connectivity index (χ1v) is 7.90. The van der Waals surface area contributed by atoms with Crippen molar-refractivity contribution >= 4 is 12.4 Å². The van der Waals surface area contributed by atoms with Crippen molar-refractivity contribution in [2.75, 3.05) is 13.3 Å². The second-order valence-corrected chi connectivity index (χ2v) is 8.75. The minimum Gasteiger partial charge on any atom is -0.319 e. The molecule has 84 valence electrons. The van der Waals surface area contributed by atoms with Crippen molar-refractivity contribution < 1.29 is 4.57 Å². The average Bonchev–Trinajstić information content (AvgIpc) is 1.99. The van der Waals surface area contributed by atoms with Crippen LogP contribution in [-0.2, 0) is 9.98 Å². The van der Waals surface area contributed by atoms with Crippen LogP contribution in [0.25, 0.3) is 0 Å². The molecule has 0 radical (unpaired) electrons. The van der Waals surface area contributed by atoms with Gasteiger partial charge in [0.1, 0.15) is 7.14 Å².